The van der Waals surface area contributed by atoms with Crippen LogP contribution in [-0.2, 0) is 0 Å². The van der Waals surface area contributed by atoms with Crippen LogP contribution in [0.2, 0.25) is 0 Å². The van der Waals surface area contributed by atoms with Gasteiger partial charge in [0.1, 0.15) is 35.5 Å². The van der Waals surface area contributed by atoms with E-state index in [9.17, 15) is 5.26 Å². The average molecular weight is 328 g/mol. The molecule has 2 heterocycles. The van der Waals surface area contributed by atoms with Crippen molar-refractivity contribution in [3.63, 3.8) is 0 Å². The van der Waals surface area contributed by atoms with Gasteiger partial charge in [-0.25, -0.2) is 9.97 Å². The van der Waals surface area contributed by atoms with Crippen LogP contribution in [0.1, 0.15) is 5.56 Å². The van der Waals surface area contributed by atoms with Crippen molar-refractivity contribution in [3.8, 4) is 17.6 Å². The maximum absolute atomic E-state index is 9.19. The molecule has 0 bridgehead atoms. The smallest absolute Gasteiger partial charge is 0.145 e. The van der Waals surface area contributed by atoms with Crippen molar-refractivity contribution in [2.45, 2.75) is 0 Å². The number of benzene rings is 2. The van der Waals surface area contributed by atoms with Crippen LogP contribution in [0.4, 0.5) is 11.6 Å². The quantitative estimate of drug-likeness (QED) is 0.591. The maximum atomic E-state index is 9.19. The van der Waals surface area contributed by atoms with Gasteiger partial charge in [0.05, 0.1) is 17.3 Å². The Kier molecular flexibility index (Phi) is 3.69. The second kappa shape index (κ2) is 6.29. The fraction of sp³-hybridized carbons (Fsp3) is 0. The summed E-state index contributed by atoms with van der Waals surface area (Å²) in [5.41, 5.74) is 1.25. The van der Waals surface area contributed by atoms with E-state index in [0.717, 1.165) is 16.7 Å². The van der Waals surface area contributed by atoms with Gasteiger partial charge in [0, 0.05) is 11.5 Å². The monoisotopic (exact) mass is 328 g/mol. The van der Waals surface area contributed by atoms with Crippen molar-refractivity contribution < 1.29 is 4.74 Å². The number of nitrogens with zero attached hydrogens (tertiary/aromatic N) is 4. The van der Waals surface area contributed by atoms with Gasteiger partial charge in [0.15, 0.2) is 0 Å². The molecule has 0 aliphatic carbocycles. The summed E-state index contributed by atoms with van der Waals surface area (Å²) in [7, 11) is 0. The first kappa shape index (κ1) is 14.7. The number of H-pyrrole nitrogens is 1. The molecule has 0 saturated heterocycles. The van der Waals surface area contributed by atoms with E-state index in [2.05, 4.69) is 31.6 Å². The summed E-state index contributed by atoms with van der Waals surface area (Å²) in [6.07, 6.45) is 3.14. The summed E-state index contributed by atoms with van der Waals surface area (Å²) in [5, 5.41) is 19.9. The summed E-state index contributed by atoms with van der Waals surface area (Å²) in [6, 6.07) is 16.5. The number of para-hydroxylation sites is 1. The first-order valence-electron chi connectivity index (χ1n) is 7.51. The standard InChI is InChI=1S/C18H12N6O/c19-10-12-3-1-2-4-16(12)25-13-5-6-15-14(9-13)18(21-11-20-15)23-17-7-8-22-24-17/h1-9,11H,(H2,20,21,22,23,24). The van der Waals surface area contributed by atoms with Gasteiger partial charge in [0.2, 0.25) is 0 Å². The highest BCUT2D eigenvalue weighted by Crippen LogP contribution is 2.30. The molecule has 0 radical (unpaired) electrons. The highest BCUT2D eigenvalue weighted by molar-refractivity contribution is 5.91. The molecule has 0 spiro atoms. The molecule has 2 aromatic heterocycles. The van der Waals surface area contributed by atoms with Gasteiger partial charge in [-0.05, 0) is 30.3 Å². The molecule has 120 valence electrons. The van der Waals surface area contributed by atoms with Crippen molar-refractivity contribution in [1.29, 1.82) is 5.26 Å². The highest BCUT2D eigenvalue weighted by atomic mass is 16.5. The molecule has 25 heavy (non-hydrogen) atoms. The fourth-order valence-electron chi connectivity index (χ4n) is 2.43. The lowest BCUT2D eigenvalue weighted by molar-refractivity contribution is 0.482. The molecule has 0 aliphatic rings. The van der Waals surface area contributed by atoms with Crippen LogP contribution in [-0.4, -0.2) is 20.2 Å². The summed E-state index contributed by atoms with van der Waals surface area (Å²) < 4.78 is 5.87. The Hall–Kier alpha value is -3.92. The van der Waals surface area contributed by atoms with Gasteiger partial charge in [0.25, 0.3) is 0 Å². The van der Waals surface area contributed by atoms with Gasteiger partial charge >= 0.3 is 0 Å². The van der Waals surface area contributed by atoms with Gasteiger partial charge in [-0.3, -0.25) is 5.10 Å². The Labute approximate surface area is 142 Å². The number of ether oxygens (including phenoxy) is 1. The Bertz CT molecular complexity index is 1070. The van der Waals surface area contributed by atoms with Crippen molar-refractivity contribution in [2.75, 3.05) is 5.32 Å². The summed E-state index contributed by atoms with van der Waals surface area (Å²) >= 11 is 0. The molecule has 2 N–H and O–H groups in total. The second-order valence-electron chi connectivity index (χ2n) is 5.21. The van der Waals surface area contributed by atoms with Crippen molar-refractivity contribution in [3.05, 3.63) is 66.6 Å². The van der Waals surface area contributed by atoms with Gasteiger partial charge in [-0.1, -0.05) is 12.1 Å². The lowest BCUT2D eigenvalue weighted by Gasteiger charge is -2.10. The van der Waals surface area contributed by atoms with Crippen LogP contribution < -0.4 is 10.1 Å². The molecule has 4 rings (SSSR count). The minimum Gasteiger partial charge on any atom is -0.456 e. The third-order valence-corrected chi connectivity index (χ3v) is 3.60. The molecule has 2 aromatic carbocycles. The van der Waals surface area contributed by atoms with Crippen LogP contribution >= 0.6 is 0 Å². The average Bonchev–Trinajstić information content (AvgIpc) is 3.16. The number of fused-ring (bicyclic) bond motifs is 1. The van der Waals surface area contributed by atoms with Gasteiger partial charge < -0.3 is 10.1 Å². The van der Waals surface area contributed by atoms with Gasteiger partial charge in [-0.15, -0.1) is 0 Å². The van der Waals surface area contributed by atoms with Crippen LogP contribution in [0.5, 0.6) is 11.5 Å². The van der Waals surface area contributed by atoms with E-state index in [-0.39, 0.29) is 0 Å². The zero-order valence-corrected chi connectivity index (χ0v) is 13.0. The Morgan fingerprint density at radius 1 is 1.08 bits per heavy atom. The predicted octanol–water partition coefficient (Wildman–Crippen LogP) is 3.76. The molecular formula is C18H12N6O. The fourth-order valence-corrected chi connectivity index (χ4v) is 2.43. The van der Waals surface area contributed by atoms with E-state index in [4.69, 9.17) is 4.74 Å². The van der Waals surface area contributed by atoms with E-state index >= 15 is 0 Å². The zero-order valence-electron chi connectivity index (χ0n) is 13.0. The molecule has 7 heteroatoms. The second-order valence-corrected chi connectivity index (χ2v) is 5.21. The number of nitrogens with one attached hydrogen (secondary N) is 2. The van der Waals surface area contributed by atoms with Crippen LogP contribution in [0.25, 0.3) is 10.9 Å². The number of nitriles is 1. The van der Waals surface area contributed by atoms with E-state index in [1.807, 2.05) is 24.3 Å². The summed E-state index contributed by atoms with van der Waals surface area (Å²) in [5.74, 6) is 2.45. The number of aromatic amines is 1. The summed E-state index contributed by atoms with van der Waals surface area (Å²) in [4.78, 5) is 8.55. The highest BCUT2D eigenvalue weighted by Gasteiger charge is 2.09. The number of hydrogen-bond donors (Lipinski definition) is 2. The number of rotatable bonds is 4. The predicted molar refractivity (Wildman–Crippen MR) is 92.6 cm³/mol. The molecule has 0 aliphatic heterocycles. The normalized spacial score (nSPS) is 10.4. The van der Waals surface area contributed by atoms with E-state index in [1.54, 1.807) is 30.5 Å². The molecule has 4 aromatic rings. The molecule has 7 nitrogen and oxygen atoms in total. The first-order valence-corrected chi connectivity index (χ1v) is 7.51. The topological polar surface area (TPSA) is 99.5 Å². The molecule has 0 amide bonds. The molecule has 0 unspecified atom stereocenters. The van der Waals surface area contributed by atoms with Crippen LogP contribution in [0.15, 0.2) is 61.1 Å². The maximum Gasteiger partial charge on any atom is 0.145 e. The lowest BCUT2D eigenvalue weighted by atomic mass is 10.2. The Balaban J connectivity index is 1.73. The van der Waals surface area contributed by atoms with E-state index in [1.165, 1.54) is 6.33 Å². The number of aromatic nitrogens is 4. The van der Waals surface area contributed by atoms with Crippen molar-refractivity contribution in [1.82, 2.24) is 20.2 Å². The Morgan fingerprint density at radius 2 is 2.00 bits per heavy atom. The minimum atomic E-state index is 0.475. The SMILES string of the molecule is N#Cc1ccccc1Oc1ccc2ncnc(Nc3ccn[nH]3)c2c1. The van der Waals surface area contributed by atoms with Crippen LogP contribution in [0.3, 0.4) is 0 Å². The minimum absolute atomic E-state index is 0.475. The van der Waals surface area contributed by atoms with Crippen molar-refractivity contribution >= 4 is 22.5 Å². The Morgan fingerprint density at radius 3 is 2.84 bits per heavy atom. The van der Waals surface area contributed by atoms with Gasteiger partial charge in [-0.2, -0.15) is 10.4 Å². The molecule has 0 atom stereocenters. The lowest BCUT2D eigenvalue weighted by Crippen LogP contribution is -1.97. The van der Waals surface area contributed by atoms with Crippen LogP contribution in [0, 0.1) is 11.3 Å². The van der Waals surface area contributed by atoms with Crippen molar-refractivity contribution in [2.24, 2.45) is 0 Å². The van der Waals surface area contributed by atoms with E-state index < -0.39 is 0 Å². The molecular weight excluding hydrogens is 316 g/mol. The molecule has 0 saturated carbocycles. The largest absolute Gasteiger partial charge is 0.456 e. The summed E-state index contributed by atoms with van der Waals surface area (Å²) in [6.45, 7) is 0. The zero-order chi connectivity index (χ0) is 17.1. The van der Waals surface area contributed by atoms with E-state index in [0.29, 0.717) is 22.9 Å². The first-order chi connectivity index (χ1) is 12.3. The number of anilines is 2. The molecule has 0 fully saturated rings. The third-order valence-electron chi connectivity index (χ3n) is 3.60. The third kappa shape index (κ3) is 2.96. The number of hydrogen-bond acceptors (Lipinski definition) is 6.